The minimum atomic E-state index is -0.377. The highest BCUT2D eigenvalue weighted by Gasteiger charge is 2.40. The maximum absolute atomic E-state index is 12.2. The number of aromatic nitrogens is 2. The predicted octanol–water partition coefficient (Wildman–Crippen LogP) is 1.98. The first-order chi connectivity index (χ1) is 8.20. The van der Waals surface area contributed by atoms with Gasteiger partial charge in [-0.05, 0) is 19.3 Å². The van der Waals surface area contributed by atoms with Crippen LogP contribution in [0.15, 0.2) is 0 Å². The standard InChI is InChI=1S/C11H18N4OS.ClH/c1-2-8-14-15-10(17-8)13-9(16)11(7-12)5-3-4-6-11;/h2-7,12H2,1H3,(H,13,15,16);1H. The second-order valence-corrected chi connectivity index (χ2v) is 5.56. The van der Waals surface area contributed by atoms with Gasteiger partial charge < -0.3 is 5.73 Å². The number of anilines is 1. The summed E-state index contributed by atoms with van der Waals surface area (Å²) >= 11 is 1.43. The number of carbonyl (C=O) groups excluding carboxylic acids is 1. The Balaban J connectivity index is 0.00000162. The molecule has 0 bridgehead atoms. The molecule has 0 unspecified atom stereocenters. The Morgan fingerprint density at radius 1 is 1.44 bits per heavy atom. The average molecular weight is 291 g/mol. The van der Waals surface area contributed by atoms with Crippen molar-refractivity contribution in [3.63, 3.8) is 0 Å². The van der Waals surface area contributed by atoms with Gasteiger partial charge in [0.15, 0.2) is 0 Å². The van der Waals surface area contributed by atoms with E-state index in [-0.39, 0.29) is 23.7 Å². The van der Waals surface area contributed by atoms with Crippen LogP contribution in [0.4, 0.5) is 5.13 Å². The van der Waals surface area contributed by atoms with E-state index in [4.69, 9.17) is 5.73 Å². The number of rotatable bonds is 4. The van der Waals surface area contributed by atoms with Crippen molar-refractivity contribution >= 4 is 34.8 Å². The van der Waals surface area contributed by atoms with Crippen LogP contribution in [0, 0.1) is 5.41 Å². The molecule has 1 aromatic rings. The Morgan fingerprint density at radius 3 is 2.61 bits per heavy atom. The van der Waals surface area contributed by atoms with E-state index in [2.05, 4.69) is 15.5 Å². The monoisotopic (exact) mass is 290 g/mol. The molecule has 0 saturated heterocycles. The third kappa shape index (κ3) is 2.99. The van der Waals surface area contributed by atoms with Crippen LogP contribution in [-0.2, 0) is 11.2 Å². The number of amides is 1. The van der Waals surface area contributed by atoms with Crippen molar-refractivity contribution in [1.29, 1.82) is 0 Å². The van der Waals surface area contributed by atoms with Crippen LogP contribution >= 0.6 is 23.7 Å². The zero-order valence-corrected chi connectivity index (χ0v) is 12.1. The van der Waals surface area contributed by atoms with Crippen LogP contribution in [0.3, 0.4) is 0 Å². The SMILES string of the molecule is CCc1nnc(NC(=O)C2(CN)CCCC2)s1.Cl. The van der Waals surface area contributed by atoms with Gasteiger partial charge in [-0.2, -0.15) is 0 Å². The van der Waals surface area contributed by atoms with Crippen molar-refractivity contribution in [2.24, 2.45) is 11.1 Å². The molecule has 1 amide bonds. The van der Waals surface area contributed by atoms with Crippen molar-refractivity contribution in [3.05, 3.63) is 5.01 Å². The van der Waals surface area contributed by atoms with Crippen molar-refractivity contribution in [2.45, 2.75) is 39.0 Å². The largest absolute Gasteiger partial charge is 0.329 e. The van der Waals surface area contributed by atoms with Gasteiger partial charge in [0.25, 0.3) is 0 Å². The van der Waals surface area contributed by atoms with Gasteiger partial charge in [0.1, 0.15) is 5.01 Å². The van der Waals surface area contributed by atoms with Crippen LogP contribution < -0.4 is 11.1 Å². The van der Waals surface area contributed by atoms with Crippen molar-refractivity contribution in [2.75, 3.05) is 11.9 Å². The number of hydrogen-bond donors (Lipinski definition) is 2. The van der Waals surface area contributed by atoms with Gasteiger partial charge in [-0.25, -0.2) is 0 Å². The van der Waals surface area contributed by atoms with Gasteiger partial charge in [-0.3, -0.25) is 10.1 Å². The average Bonchev–Trinajstić information content (AvgIpc) is 2.97. The number of halogens is 1. The summed E-state index contributed by atoms with van der Waals surface area (Å²) in [4.78, 5) is 12.2. The Morgan fingerprint density at radius 2 is 2.11 bits per heavy atom. The summed E-state index contributed by atoms with van der Waals surface area (Å²) in [5.74, 6) is 0.0105. The molecular formula is C11H19ClN4OS. The van der Waals surface area contributed by atoms with Crippen LogP contribution in [-0.4, -0.2) is 22.6 Å². The minimum Gasteiger partial charge on any atom is -0.329 e. The van der Waals surface area contributed by atoms with Crippen molar-refractivity contribution in [3.8, 4) is 0 Å². The molecule has 3 N–H and O–H groups in total. The molecule has 5 nitrogen and oxygen atoms in total. The quantitative estimate of drug-likeness (QED) is 0.888. The Hall–Kier alpha value is -0.720. The molecule has 1 aliphatic rings. The fourth-order valence-corrected chi connectivity index (χ4v) is 2.93. The molecule has 1 aromatic heterocycles. The maximum atomic E-state index is 12.2. The topological polar surface area (TPSA) is 80.9 Å². The number of aryl methyl sites for hydroxylation is 1. The minimum absolute atomic E-state index is 0. The van der Waals surface area contributed by atoms with Crippen LogP contribution in [0.1, 0.15) is 37.6 Å². The summed E-state index contributed by atoms with van der Waals surface area (Å²) in [5.41, 5.74) is 5.38. The molecule has 1 heterocycles. The fraction of sp³-hybridized carbons (Fsp3) is 0.727. The molecule has 102 valence electrons. The number of nitrogens with zero attached hydrogens (tertiary/aromatic N) is 2. The second kappa shape index (κ2) is 6.45. The number of nitrogens with one attached hydrogen (secondary N) is 1. The third-order valence-corrected chi connectivity index (χ3v) is 4.41. The highest BCUT2D eigenvalue weighted by molar-refractivity contribution is 7.15. The lowest BCUT2D eigenvalue weighted by Gasteiger charge is -2.24. The lowest BCUT2D eigenvalue weighted by molar-refractivity contribution is -0.124. The van der Waals surface area contributed by atoms with Crippen molar-refractivity contribution in [1.82, 2.24) is 10.2 Å². The predicted molar refractivity (Wildman–Crippen MR) is 75.1 cm³/mol. The molecule has 1 fully saturated rings. The second-order valence-electron chi connectivity index (χ2n) is 4.50. The summed E-state index contributed by atoms with van der Waals surface area (Å²) in [6.45, 7) is 2.43. The third-order valence-electron chi connectivity index (χ3n) is 3.42. The lowest BCUT2D eigenvalue weighted by atomic mass is 9.85. The van der Waals surface area contributed by atoms with Crippen LogP contribution in [0.5, 0.6) is 0 Å². The van der Waals surface area contributed by atoms with E-state index in [1.165, 1.54) is 11.3 Å². The summed E-state index contributed by atoms with van der Waals surface area (Å²) in [6, 6.07) is 0. The molecule has 0 atom stereocenters. The number of nitrogens with two attached hydrogens (primary N) is 1. The molecule has 18 heavy (non-hydrogen) atoms. The number of hydrogen-bond acceptors (Lipinski definition) is 5. The van der Waals surface area contributed by atoms with Gasteiger partial charge in [0.2, 0.25) is 11.0 Å². The van der Waals surface area contributed by atoms with Gasteiger partial charge in [-0.15, -0.1) is 22.6 Å². The molecule has 1 aliphatic carbocycles. The first kappa shape index (κ1) is 15.3. The zero-order chi connectivity index (χ0) is 12.3. The summed E-state index contributed by atoms with van der Waals surface area (Å²) in [5, 5.41) is 12.3. The van der Waals surface area contributed by atoms with Gasteiger partial charge >= 0.3 is 0 Å². The summed E-state index contributed by atoms with van der Waals surface area (Å²) in [6.07, 6.45) is 4.78. The van der Waals surface area contributed by atoms with Crippen molar-refractivity contribution < 1.29 is 4.79 Å². The highest BCUT2D eigenvalue weighted by Crippen LogP contribution is 2.38. The molecule has 2 rings (SSSR count). The summed E-state index contributed by atoms with van der Waals surface area (Å²) < 4.78 is 0. The van der Waals surface area contributed by atoms with Gasteiger partial charge in [-0.1, -0.05) is 31.1 Å². The molecule has 1 saturated carbocycles. The van der Waals surface area contributed by atoms with E-state index in [9.17, 15) is 4.79 Å². The lowest BCUT2D eigenvalue weighted by Crippen LogP contribution is -2.40. The van der Waals surface area contributed by atoms with E-state index in [1.807, 2.05) is 6.92 Å². The number of carbonyl (C=O) groups is 1. The fourth-order valence-electron chi connectivity index (χ4n) is 2.25. The Kier molecular flexibility index (Phi) is 5.49. The van der Waals surface area contributed by atoms with Crippen LogP contribution in [0.2, 0.25) is 0 Å². The Labute approximate surface area is 117 Å². The molecule has 0 aromatic carbocycles. The Bertz CT molecular complexity index is 404. The van der Waals surface area contributed by atoms with E-state index >= 15 is 0 Å². The first-order valence-electron chi connectivity index (χ1n) is 6.04. The van der Waals surface area contributed by atoms with E-state index < -0.39 is 0 Å². The van der Waals surface area contributed by atoms with Crippen LogP contribution in [0.25, 0.3) is 0 Å². The normalized spacial score (nSPS) is 17.2. The zero-order valence-electron chi connectivity index (χ0n) is 10.4. The maximum Gasteiger partial charge on any atom is 0.233 e. The molecule has 0 aliphatic heterocycles. The highest BCUT2D eigenvalue weighted by atomic mass is 35.5. The van der Waals surface area contributed by atoms with E-state index in [1.54, 1.807) is 0 Å². The molecule has 0 spiro atoms. The van der Waals surface area contributed by atoms with E-state index in [0.717, 1.165) is 37.1 Å². The van der Waals surface area contributed by atoms with Gasteiger partial charge in [0, 0.05) is 6.54 Å². The molecule has 7 heteroatoms. The molecular weight excluding hydrogens is 272 g/mol. The summed E-state index contributed by atoms with van der Waals surface area (Å²) in [7, 11) is 0. The van der Waals surface area contributed by atoms with E-state index in [0.29, 0.717) is 11.7 Å². The van der Waals surface area contributed by atoms with Gasteiger partial charge in [0.05, 0.1) is 5.41 Å². The first-order valence-corrected chi connectivity index (χ1v) is 6.86. The smallest absolute Gasteiger partial charge is 0.233 e. The molecule has 0 radical (unpaired) electrons.